The molecule has 1 spiro atoms. The second-order valence-corrected chi connectivity index (χ2v) is 4.91. The fraction of sp³-hybridized carbons (Fsp3) is 0.917. The molecule has 0 bridgehead atoms. The van der Waals surface area contributed by atoms with Crippen molar-refractivity contribution < 1.29 is 14.3 Å². The lowest BCUT2D eigenvalue weighted by Gasteiger charge is -2.50. The Balaban J connectivity index is 1.83. The van der Waals surface area contributed by atoms with Crippen LogP contribution in [0.4, 0.5) is 0 Å². The molecule has 1 aliphatic carbocycles. The Morgan fingerprint density at radius 2 is 2.31 bits per heavy atom. The van der Waals surface area contributed by atoms with Crippen molar-refractivity contribution in [2.75, 3.05) is 13.2 Å². The van der Waals surface area contributed by atoms with Crippen LogP contribution in [0, 0.1) is 5.92 Å². The van der Waals surface area contributed by atoms with E-state index in [1.54, 1.807) is 0 Å². The van der Waals surface area contributed by atoms with Crippen LogP contribution < -0.4 is 5.73 Å². The molecule has 4 nitrogen and oxygen atoms in total. The van der Waals surface area contributed by atoms with Crippen LogP contribution in [0.25, 0.3) is 0 Å². The maximum atomic E-state index is 11.5. The predicted octanol–water partition coefficient (Wildman–Crippen LogP) is 1.23. The van der Waals surface area contributed by atoms with Crippen molar-refractivity contribution in [1.29, 1.82) is 0 Å². The second kappa shape index (κ2) is 4.72. The summed E-state index contributed by atoms with van der Waals surface area (Å²) >= 11 is 0. The summed E-state index contributed by atoms with van der Waals surface area (Å²) in [5.74, 6) is -0.0110. The van der Waals surface area contributed by atoms with E-state index in [0.29, 0.717) is 13.2 Å². The number of esters is 1. The maximum absolute atomic E-state index is 11.5. The molecule has 2 fully saturated rings. The molecule has 1 atom stereocenters. The van der Waals surface area contributed by atoms with Crippen molar-refractivity contribution in [1.82, 2.24) is 0 Å². The second-order valence-electron chi connectivity index (χ2n) is 4.91. The van der Waals surface area contributed by atoms with E-state index < -0.39 is 0 Å². The SMILES string of the molecule is CCOC(=O)C1CC2(CCCC(CN)O2)C1. The molecule has 2 N–H and O–H groups in total. The molecular formula is C12H21NO3. The summed E-state index contributed by atoms with van der Waals surface area (Å²) in [7, 11) is 0. The van der Waals surface area contributed by atoms with Gasteiger partial charge in [-0.15, -0.1) is 0 Å². The van der Waals surface area contributed by atoms with E-state index in [0.717, 1.165) is 32.1 Å². The van der Waals surface area contributed by atoms with Gasteiger partial charge in [-0.1, -0.05) is 0 Å². The van der Waals surface area contributed by atoms with Gasteiger partial charge in [0.2, 0.25) is 0 Å². The lowest BCUT2D eigenvalue weighted by Crippen LogP contribution is -2.54. The zero-order chi connectivity index (χ0) is 11.6. The first-order valence-corrected chi connectivity index (χ1v) is 6.23. The molecular weight excluding hydrogens is 206 g/mol. The van der Waals surface area contributed by atoms with Gasteiger partial charge in [-0.25, -0.2) is 0 Å². The van der Waals surface area contributed by atoms with Crippen LogP contribution in [-0.4, -0.2) is 30.8 Å². The van der Waals surface area contributed by atoms with Crippen molar-refractivity contribution in [3.05, 3.63) is 0 Å². The Morgan fingerprint density at radius 3 is 2.94 bits per heavy atom. The first kappa shape index (κ1) is 11.9. The average molecular weight is 227 g/mol. The van der Waals surface area contributed by atoms with Gasteiger partial charge in [0.1, 0.15) is 0 Å². The highest BCUT2D eigenvalue weighted by Gasteiger charge is 2.51. The van der Waals surface area contributed by atoms with Gasteiger partial charge in [0.15, 0.2) is 0 Å². The van der Waals surface area contributed by atoms with Gasteiger partial charge in [-0.05, 0) is 39.0 Å². The summed E-state index contributed by atoms with van der Waals surface area (Å²) in [6.45, 7) is 2.90. The van der Waals surface area contributed by atoms with Crippen LogP contribution in [0.2, 0.25) is 0 Å². The molecule has 1 saturated carbocycles. The largest absolute Gasteiger partial charge is 0.466 e. The maximum Gasteiger partial charge on any atom is 0.309 e. The Hall–Kier alpha value is -0.610. The van der Waals surface area contributed by atoms with Gasteiger partial charge in [0.05, 0.1) is 24.2 Å². The first-order valence-electron chi connectivity index (χ1n) is 6.23. The number of carbonyl (C=O) groups is 1. The predicted molar refractivity (Wildman–Crippen MR) is 59.9 cm³/mol. The molecule has 0 amide bonds. The summed E-state index contributed by atoms with van der Waals surface area (Å²) in [5, 5.41) is 0. The number of hydrogen-bond donors (Lipinski definition) is 1. The summed E-state index contributed by atoms with van der Waals surface area (Å²) in [6, 6.07) is 0. The smallest absolute Gasteiger partial charge is 0.309 e. The Labute approximate surface area is 96.5 Å². The molecule has 1 heterocycles. The zero-order valence-electron chi connectivity index (χ0n) is 9.91. The Kier molecular flexibility index (Phi) is 3.50. The highest BCUT2D eigenvalue weighted by Crippen LogP contribution is 2.48. The number of hydrogen-bond acceptors (Lipinski definition) is 4. The van der Waals surface area contributed by atoms with Crippen molar-refractivity contribution in [3.8, 4) is 0 Å². The molecule has 0 aromatic carbocycles. The monoisotopic (exact) mass is 227 g/mol. The van der Waals surface area contributed by atoms with Crippen LogP contribution in [-0.2, 0) is 14.3 Å². The van der Waals surface area contributed by atoms with Crippen LogP contribution in [0.15, 0.2) is 0 Å². The molecule has 4 heteroatoms. The van der Waals surface area contributed by atoms with Gasteiger partial charge in [0, 0.05) is 6.54 Å². The van der Waals surface area contributed by atoms with Crippen LogP contribution in [0.1, 0.15) is 39.0 Å². The highest BCUT2D eigenvalue weighted by atomic mass is 16.5. The Morgan fingerprint density at radius 1 is 1.56 bits per heavy atom. The number of nitrogens with two attached hydrogens (primary N) is 1. The molecule has 1 saturated heterocycles. The van der Waals surface area contributed by atoms with Gasteiger partial charge in [0.25, 0.3) is 0 Å². The topological polar surface area (TPSA) is 61.5 Å². The number of rotatable bonds is 3. The fourth-order valence-electron chi connectivity index (χ4n) is 2.85. The third-order valence-electron chi connectivity index (χ3n) is 3.69. The highest BCUT2D eigenvalue weighted by molar-refractivity contribution is 5.74. The lowest BCUT2D eigenvalue weighted by atomic mass is 9.67. The third-order valence-corrected chi connectivity index (χ3v) is 3.69. The minimum Gasteiger partial charge on any atom is -0.466 e. The van der Waals surface area contributed by atoms with Gasteiger partial charge in [-0.3, -0.25) is 4.79 Å². The van der Waals surface area contributed by atoms with Gasteiger partial charge >= 0.3 is 5.97 Å². The van der Waals surface area contributed by atoms with Crippen molar-refractivity contribution >= 4 is 5.97 Å². The van der Waals surface area contributed by atoms with E-state index in [-0.39, 0.29) is 23.6 Å². The quantitative estimate of drug-likeness (QED) is 0.736. The number of carbonyl (C=O) groups excluding carboxylic acids is 1. The Bertz CT molecular complexity index is 261. The van der Waals surface area contributed by atoms with E-state index >= 15 is 0 Å². The van der Waals surface area contributed by atoms with Crippen LogP contribution in [0.5, 0.6) is 0 Å². The molecule has 16 heavy (non-hydrogen) atoms. The molecule has 2 rings (SSSR count). The van der Waals surface area contributed by atoms with Crippen molar-refractivity contribution in [3.63, 3.8) is 0 Å². The molecule has 92 valence electrons. The minimum absolute atomic E-state index is 0.0523. The molecule has 0 aromatic heterocycles. The summed E-state index contributed by atoms with van der Waals surface area (Å²) in [5.41, 5.74) is 5.57. The first-order chi connectivity index (χ1) is 7.69. The lowest BCUT2D eigenvalue weighted by molar-refractivity contribution is -0.200. The van der Waals surface area contributed by atoms with Gasteiger partial charge in [-0.2, -0.15) is 0 Å². The summed E-state index contributed by atoms with van der Waals surface area (Å²) in [6.07, 6.45) is 5.13. The standard InChI is InChI=1S/C12H21NO3/c1-2-15-11(14)9-6-12(7-9)5-3-4-10(8-13)16-12/h9-10H,2-8,13H2,1H3. The normalized spacial score (nSPS) is 38.1. The van der Waals surface area contributed by atoms with Gasteiger partial charge < -0.3 is 15.2 Å². The minimum atomic E-state index is -0.0633. The molecule has 1 aliphatic heterocycles. The molecule has 1 unspecified atom stereocenters. The van der Waals surface area contributed by atoms with Crippen molar-refractivity contribution in [2.45, 2.75) is 50.7 Å². The molecule has 2 aliphatic rings. The summed E-state index contributed by atoms with van der Waals surface area (Å²) < 4.78 is 11.0. The van der Waals surface area contributed by atoms with Crippen LogP contribution in [0.3, 0.4) is 0 Å². The van der Waals surface area contributed by atoms with E-state index in [1.165, 1.54) is 0 Å². The van der Waals surface area contributed by atoms with Crippen molar-refractivity contribution in [2.24, 2.45) is 11.7 Å². The van der Waals surface area contributed by atoms with Crippen LogP contribution >= 0.6 is 0 Å². The van der Waals surface area contributed by atoms with E-state index in [2.05, 4.69) is 0 Å². The van der Waals surface area contributed by atoms with E-state index in [9.17, 15) is 4.79 Å². The van der Waals surface area contributed by atoms with E-state index in [4.69, 9.17) is 15.2 Å². The number of ether oxygens (including phenoxy) is 2. The summed E-state index contributed by atoms with van der Waals surface area (Å²) in [4.78, 5) is 11.5. The fourth-order valence-corrected chi connectivity index (χ4v) is 2.85. The molecule has 0 radical (unpaired) electrons. The third kappa shape index (κ3) is 2.23. The molecule has 0 aromatic rings. The average Bonchev–Trinajstić information content (AvgIpc) is 2.26. The van der Waals surface area contributed by atoms with E-state index in [1.807, 2.05) is 6.92 Å². The zero-order valence-corrected chi connectivity index (χ0v) is 9.91.